The van der Waals surface area contributed by atoms with Crippen molar-refractivity contribution in [1.82, 2.24) is 14.5 Å². The molecule has 5 rings (SSSR count). The SMILES string of the molecule is CC(C)(C)OC(=O)N1CCN(C(=O)[C@H]2CC[C@H](NS(=O)(=O)c3ccc(-c4ccc(CCC(=O)O)cc4)cc3)CC2)C(c2ccccc2)C1. The van der Waals surface area contributed by atoms with Gasteiger partial charge in [0.1, 0.15) is 5.60 Å². The third-order valence-electron chi connectivity index (χ3n) is 8.98. The summed E-state index contributed by atoms with van der Waals surface area (Å²) in [5.74, 6) is -1.02. The average molecular weight is 676 g/mol. The quantitative estimate of drug-likeness (QED) is 0.283. The van der Waals surface area contributed by atoms with Crippen molar-refractivity contribution in [3.05, 3.63) is 90.0 Å². The van der Waals surface area contributed by atoms with Crippen molar-refractivity contribution in [1.29, 1.82) is 0 Å². The molecule has 0 spiro atoms. The van der Waals surface area contributed by atoms with Crippen LogP contribution in [0.25, 0.3) is 11.1 Å². The van der Waals surface area contributed by atoms with Crippen molar-refractivity contribution >= 4 is 28.0 Å². The van der Waals surface area contributed by atoms with Crippen LogP contribution in [0.4, 0.5) is 4.79 Å². The maximum Gasteiger partial charge on any atom is 0.410 e. The van der Waals surface area contributed by atoms with Gasteiger partial charge in [0.2, 0.25) is 15.9 Å². The van der Waals surface area contributed by atoms with Gasteiger partial charge in [0.15, 0.2) is 0 Å². The lowest BCUT2D eigenvalue weighted by Crippen LogP contribution is -2.54. The molecule has 11 heteroatoms. The van der Waals surface area contributed by atoms with Crippen LogP contribution in [0.5, 0.6) is 0 Å². The van der Waals surface area contributed by atoms with Crippen molar-refractivity contribution in [2.24, 2.45) is 5.92 Å². The zero-order valence-electron chi connectivity index (χ0n) is 27.8. The Balaban J connectivity index is 1.17. The first-order valence-corrected chi connectivity index (χ1v) is 18.0. The van der Waals surface area contributed by atoms with Gasteiger partial charge < -0.3 is 19.6 Å². The number of sulfonamides is 1. The molecule has 3 aromatic rings. The van der Waals surface area contributed by atoms with E-state index in [1.54, 1.807) is 29.2 Å². The number of hydrogen-bond acceptors (Lipinski definition) is 6. The van der Waals surface area contributed by atoms with Gasteiger partial charge in [0.05, 0.1) is 10.9 Å². The molecule has 0 aromatic heterocycles. The van der Waals surface area contributed by atoms with Crippen LogP contribution in [0.1, 0.15) is 70.0 Å². The number of carboxylic acid groups (broad SMARTS) is 1. The van der Waals surface area contributed by atoms with E-state index in [1.807, 2.05) is 80.3 Å². The third kappa shape index (κ3) is 9.02. The van der Waals surface area contributed by atoms with Crippen LogP contribution in [0.15, 0.2) is 83.8 Å². The molecule has 10 nitrogen and oxygen atoms in total. The number of nitrogens with one attached hydrogen (secondary N) is 1. The molecule has 3 aromatic carbocycles. The van der Waals surface area contributed by atoms with Crippen LogP contribution < -0.4 is 4.72 Å². The number of benzene rings is 3. The number of aliphatic carboxylic acids is 1. The van der Waals surface area contributed by atoms with Gasteiger partial charge in [-0.3, -0.25) is 9.59 Å². The molecule has 0 radical (unpaired) electrons. The lowest BCUT2D eigenvalue weighted by molar-refractivity contribution is -0.142. The van der Waals surface area contributed by atoms with Gasteiger partial charge in [-0.15, -0.1) is 0 Å². The van der Waals surface area contributed by atoms with Gasteiger partial charge in [-0.1, -0.05) is 66.7 Å². The predicted octanol–water partition coefficient (Wildman–Crippen LogP) is 6.03. The smallest absolute Gasteiger partial charge is 0.410 e. The average Bonchev–Trinajstić information content (AvgIpc) is 3.07. The van der Waals surface area contributed by atoms with E-state index >= 15 is 0 Å². The molecule has 2 fully saturated rings. The number of carboxylic acids is 1. The molecule has 1 atom stereocenters. The second-order valence-corrected chi connectivity index (χ2v) is 15.4. The summed E-state index contributed by atoms with van der Waals surface area (Å²) in [5, 5.41) is 8.89. The Morgan fingerprint density at radius 3 is 2.04 bits per heavy atom. The minimum Gasteiger partial charge on any atom is -0.481 e. The zero-order chi connectivity index (χ0) is 34.5. The van der Waals surface area contributed by atoms with Crippen LogP contribution in [0.2, 0.25) is 0 Å². The van der Waals surface area contributed by atoms with E-state index in [0.29, 0.717) is 51.7 Å². The molecular weight excluding hydrogens is 630 g/mol. The monoisotopic (exact) mass is 675 g/mol. The topological polar surface area (TPSA) is 133 Å². The van der Waals surface area contributed by atoms with Crippen LogP contribution >= 0.6 is 0 Å². The molecule has 48 heavy (non-hydrogen) atoms. The Labute approximate surface area is 283 Å². The van der Waals surface area contributed by atoms with E-state index in [9.17, 15) is 22.8 Å². The standard InChI is InChI=1S/C37H45N3O7S/c1-37(2,3)47-36(44)39-23-24-40(33(25-39)29-7-5-4-6-8-29)35(43)30-14-18-31(19-15-30)38-48(45,46)32-20-16-28(17-21-32)27-12-9-26(10-13-27)11-22-34(41)42/h4-10,12-13,16-17,20-21,30-31,33,38H,11,14-15,18-19,22-25H2,1-3H3,(H,41,42)/t30-,31-,33?. The highest BCUT2D eigenvalue weighted by Gasteiger charge is 2.39. The number of aryl methyl sites for hydroxylation is 1. The molecule has 1 aliphatic heterocycles. The number of ether oxygens (including phenoxy) is 1. The van der Waals surface area contributed by atoms with E-state index in [2.05, 4.69) is 4.72 Å². The number of piperazine rings is 1. The molecular formula is C37H45N3O7S. The Kier molecular flexibility index (Phi) is 10.9. The van der Waals surface area contributed by atoms with E-state index in [-0.39, 0.29) is 41.3 Å². The maximum atomic E-state index is 13.9. The Hall–Kier alpha value is -4.22. The molecule has 2 amide bonds. The summed E-state index contributed by atoms with van der Waals surface area (Å²) >= 11 is 0. The second-order valence-electron chi connectivity index (χ2n) is 13.7. The Morgan fingerprint density at radius 1 is 0.854 bits per heavy atom. The first kappa shape index (κ1) is 35.1. The Bertz CT molecular complexity index is 1680. The first-order chi connectivity index (χ1) is 22.8. The molecule has 1 aliphatic carbocycles. The third-order valence-corrected chi connectivity index (χ3v) is 10.5. The number of hydrogen-bond donors (Lipinski definition) is 2. The molecule has 0 bridgehead atoms. The number of carbonyl (C=O) groups is 3. The van der Waals surface area contributed by atoms with Gasteiger partial charge in [-0.25, -0.2) is 17.9 Å². The van der Waals surface area contributed by atoms with Gasteiger partial charge in [-0.05, 0) is 87.3 Å². The summed E-state index contributed by atoms with van der Waals surface area (Å²) in [7, 11) is -3.76. The predicted molar refractivity (Wildman–Crippen MR) is 183 cm³/mol. The number of amides is 2. The summed E-state index contributed by atoms with van der Waals surface area (Å²) in [4.78, 5) is 41.4. The fraction of sp³-hybridized carbons (Fsp3) is 0.432. The molecule has 1 unspecified atom stereocenters. The van der Waals surface area contributed by atoms with Crippen LogP contribution in [-0.2, 0) is 30.8 Å². The second kappa shape index (κ2) is 14.9. The number of nitrogens with zero attached hydrogens (tertiary/aromatic N) is 2. The van der Waals surface area contributed by atoms with Gasteiger partial charge in [0.25, 0.3) is 0 Å². The van der Waals surface area contributed by atoms with Crippen LogP contribution in [-0.4, -0.2) is 72.6 Å². The Morgan fingerprint density at radius 2 is 1.46 bits per heavy atom. The van der Waals surface area contributed by atoms with Gasteiger partial charge in [0, 0.05) is 38.0 Å². The van der Waals surface area contributed by atoms with Crippen LogP contribution in [0.3, 0.4) is 0 Å². The summed E-state index contributed by atoms with van der Waals surface area (Å²) in [5.41, 5.74) is 3.04. The summed E-state index contributed by atoms with van der Waals surface area (Å²) < 4.78 is 35.0. The first-order valence-electron chi connectivity index (χ1n) is 16.6. The highest BCUT2D eigenvalue weighted by Crippen LogP contribution is 2.33. The molecule has 1 saturated carbocycles. The maximum absolute atomic E-state index is 13.9. The lowest BCUT2D eigenvalue weighted by atomic mass is 9.85. The molecule has 2 N–H and O–H groups in total. The molecule has 1 heterocycles. The van der Waals surface area contributed by atoms with Crippen molar-refractivity contribution < 1.29 is 32.6 Å². The number of rotatable bonds is 9. The summed E-state index contributed by atoms with van der Waals surface area (Å²) in [6, 6.07) is 23.5. The van der Waals surface area contributed by atoms with E-state index in [1.165, 1.54) is 0 Å². The van der Waals surface area contributed by atoms with Crippen molar-refractivity contribution in [2.45, 2.75) is 81.9 Å². The minimum absolute atomic E-state index is 0.0412. The summed E-state index contributed by atoms with van der Waals surface area (Å²) in [6.07, 6.45) is 2.38. The highest BCUT2D eigenvalue weighted by molar-refractivity contribution is 7.89. The van der Waals surface area contributed by atoms with Gasteiger partial charge in [-0.2, -0.15) is 0 Å². The highest BCUT2D eigenvalue weighted by atomic mass is 32.2. The fourth-order valence-corrected chi connectivity index (χ4v) is 7.73. The van der Waals surface area contributed by atoms with E-state index in [0.717, 1.165) is 22.3 Å². The number of carbonyl (C=O) groups excluding carboxylic acids is 2. The van der Waals surface area contributed by atoms with Crippen molar-refractivity contribution in [3.63, 3.8) is 0 Å². The minimum atomic E-state index is -3.76. The molecule has 256 valence electrons. The molecule has 2 aliphatic rings. The van der Waals surface area contributed by atoms with Crippen molar-refractivity contribution in [2.75, 3.05) is 19.6 Å². The van der Waals surface area contributed by atoms with E-state index in [4.69, 9.17) is 9.84 Å². The van der Waals surface area contributed by atoms with Crippen LogP contribution in [0, 0.1) is 5.92 Å². The van der Waals surface area contributed by atoms with Crippen molar-refractivity contribution in [3.8, 4) is 11.1 Å². The zero-order valence-corrected chi connectivity index (χ0v) is 28.6. The molecule has 1 saturated heterocycles. The lowest BCUT2D eigenvalue weighted by Gasteiger charge is -2.43. The van der Waals surface area contributed by atoms with Gasteiger partial charge >= 0.3 is 12.1 Å². The fourth-order valence-electron chi connectivity index (χ4n) is 6.42. The summed E-state index contributed by atoms with van der Waals surface area (Å²) in [6.45, 7) is 6.63. The van der Waals surface area contributed by atoms with E-state index < -0.39 is 21.6 Å². The normalized spacial score (nSPS) is 20.3. The largest absolute Gasteiger partial charge is 0.481 e.